The van der Waals surface area contributed by atoms with Crippen molar-refractivity contribution in [3.05, 3.63) is 23.3 Å². The van der Waals surface area contributed by atoms with Gasteiger partial charge in [0.1, 0.15) is 11.5 Å². The van der Waals surface area contributed by atoms with Crippen molar-refractivity contribution >= 4 is 0 Å². The van der Waals surface area contributed by atoms with Gasteiger partial charge in [-0.1, -0.05) is 0 Å². The van der Waals surface area contributed by atoms with Gasteiger partial charge in [0.2, 0.25) is 0 Å². The first-order valence-corrected chi connectivity index (χ1v) is 4.14. The molecule has 0 aliphatic rings. The molecule has 0 spiro atoms. The first-order valence-electron chi connectivity index (χ1n) is 4.14. The summed E-state index contributed by atoms with van der Waals surface area (Å²) in [7, 11) is 0. The fourth-order valence-corrected chi connectivity index (χ4v) is 1.20. The summed E-state index contributed by atoms with van der Waals surface area (Å²) < 4.78 is 0. The van der Waals surface area contributed by atoms with Gasteiger partial charge in [0.05, 0.1) is 0 Å². The predicted octanol–water partition coefficient (Wildman–Crippen LogP) is 1.60. The number of hydrogen-bond acceptors (Lipinski definition) is 3. The summed E-state index contributed by atoms with van der Waals surface area (Å²) >= 11 is 0. The van der Waals surface area contributed by atoms with Gasteiger partial charge in [-0.05, 0) is 38.5 Å². The van der Waals surface area contributed by atoms with Crippen molar-refractivity contribution in [1.29, 1.82) is 0 Å². The van der Waals surface area contributed by atoms with Crippen molar-refractivity contribution in [2.75, 3.05) is 0 Å². The van der Waals surface area contributed by atoms with Crippen LogP contribution in [-0.4, -0.2) is 10.2 Å². The van der Waals surface area contributed by atoms with Crippen LogP contribution < -0.4 is 5.73 Å². The van der Waals surface area contributed by atoms with Crippen molar-refractivity contribution in [3.63, 3.8) is 0 Å². The van der Waals surface area contributed by atoms with Gasteiger partial charge in [-0.3, -0.25) is 0 Å². The number of nitrogens with two attached hydrogens (primary N) is 1. The third-order valence-corrected chi connectivity index (χ3v) is 2.01. The summed E-state index contributed by atoms with van der Waals surface area (Å²) in [5, 5.41) is 19.0. The molecule has 0 saturated carbocycles. The zero-order chi connectivity index (χ0) is 10.2. The molecule has 0 radical (unpaired) electrons. The largest absolute Gasteiger partial charge is 0.508 e. The summed E-state index contributed by atoms with van der Waals surface area (Å²) in [5.41, 5.74) is 6.36. The van der Waals surface area contributed by atoms with Crippen LogP contribution in [0.3, 0.4) is 0 Å². The molecule has 13 heavy (non-hydrogen) atoms. The monoisotopic (exact) mass is 181 g/mol. The molecule has 0 aliphatic heterocycles. The van der Waals surface area contributed by atoms with Gasteiger partial charge in [0.25, 0.3) is 0 Å². The van der Waals surface area contributed by atoms with Gasteiger partial charge in [-0.15, -0.1) is 0 Å². The highest BCUT2D eigenvalue weighted by atomic mass is 16.3. The zero-order valence-corrected chi connectivity index (χ0v) is 8.13. The van der Waals surface area contributed by atoms with E-state index < -0.39 is 5.54 Å². The second-order valence-electron chi connectivity index (χ2n) is 3.88. The first kappa shape index (κ1) is 9.86. The average molecular weight is 181 g/mol. The van der Waals surface area contributed by atoms with Gasteiger partial charge < -0.3 is 15.9 Å². The van der Waals surface area contributed by atoms with Crippen molar-refractivity contribution < 1.29 is 10.2 Å². The highest BCUT2D eigenvalue weighted by Crippen LogP contribution is 2.32. The van der Waals surface area contributed by atoms with Crippen LogP contribution in [0.15, 0.2) is 12.1 Å². The number of aromatic hydroxyl groups is 2. The molecule has 3 nitrogen and oxygen atoms in total. The lowest BCUT2D eigenvalue weighted by atomic mass is 9.93. The maximum Gasteiger partial charge on any atom is 0.121 e. The topological polar surface area (TPSA) is 66.5 Å². The molecule has 0 atom stereocenters. The number of benzene rings is 1. The Morgan fingerprint density at radius 1 is 1.15 bits per heavy atom. The summed E-state index contributed by atoms with van der Waals surface area (Å²) in [6.45, 7) is 5.27. The van der Waals surface area contributed by atoms with Crippen LogP contribution in [0.4, 0.5) is 0 Å². The fourth-order valence-electron chi connectivity index (χ4n) is 1.20. The van der Waals surface area contributed by atoms with Crippen molar-refractivity contribution in [2.45, 2.75) is 26.3 Å². The van der Waals surface area contributed by atoms with E-state index in [-0.39, 0.29) is 11.5 Å². The van der Waals surface area contributed by atoms with Crippen LogP contribution in [0, 0.1) is 6.92 Å². The normalized spacial score (nSPS) is 11.7. The Labute approximate surface area is 77.8 Å². The predicted molar refractivity (Wildman–Crippen MR) is 51.7 cm³/mol. The lowest BCUT2D eigenvalue weighted by Crippen LogP contribution is -2.28. The Morgan fingerprint density at radius 2 is 1.69 bits per heavy atom. The summed E-state index contributed by atoms with van der Waals surface area (Å²) in [4.78, 5) is 0. The minimum atomic E-state index is -0.644. The molecule has 0 bridgehead atoms. The Bertz CT molecular complexity index is 326. The standard InChI is InChI=1S/C10H15NO2/c1-6-4-9(13)7(5-8(6)12)10(2,3)11/h4-5,12-13H,11H2,1-3H3. The zero-order valence-electron chi connectivity index (χ0n) is 8.13. The molecule has 1 rings (SSSR count). The molecule has 0 heterocycles. The van der Waals surface area contributed by atoms with Crippen LogP contribution in [0.5, 0.6) is 11.5 Å². The Hall–Kier alpha value is -1.22. The maximum atomic E-state index is 9.56. The molecule has 0 saturated heterocycles. The molecule has 0 aliphatic carbocycles. The van der Waals surface area contributed by atoms with E-state index in [9.17, 15) is 10.2 Å². The third-order valence-electron chi connectivity index (χ3n) is 2.01. The summed E-state index contributed by atoms with van der Waals surface area (Å²) in [5.74, 6) is 0.286. The third kappa shape index (κ3) is 1.92. The van der Waals surface area contributed by atoms with Crippen molar-refractivity contribution in [2.24, 2.45) is 5.73 Å². The molecule has 1 aromatic rings. The molecule has 1 aromatic carbocycles. The number of phenolic OH excluding ortho intramolecular Hbond substituents is 2. The Kier molecular flexibility index (Phi) is 2.22. The maximum absolute atomic E-state index is 9.56. The highest BCUT2D eigenvalue weighted by Gasteiger charge is 2.19. The van der Waals surface area contributed by atoms with Gasteiger partial charge in [-0.2, -0.15) is 0 Å². The molecule has 3 heteroatoms. The smallest absolute Gasteiger partial charge is 0.121 e. The van der Waals surface area contributed by atoms with Crippen LogP contribution in [-0.2, 0) is 5.54 Å². The minimum Gasteiger partial charge on any atom is -0.508 e. The average Bonchev–Trinajstić information content (AvgIpc) is 1.94. The van der Waals surface area contributed by atoms with E-state index in [4.69, 9.17) is 5.73 Å². The molecule has 0 amide bonds. The Balaban J connectivity index is 3.32. The van der Waals surface area contributed by atoms with Gasteiger partial charge in [-0.25, -0.2) is 0 Å². The SMILES string of the molecule is Cc1cc(O)c(C(C)(C)N)cc1O. The molecule has 0 unspecified atom stereocenters. The second-order valence-corrected chi connectivity index (χ2v) is 3.88. The summed E-state index contributed by atoms with van der Waals surface area (Å²) in [6, 6.07) is 3.02. The Morgan fingerprint density at radius 3 is 2.15 bits per heavy atom. The molecule has 4 N–H and O–H groups in total. The van der Waals surface area contributed by atoms with E-state index in [1.807, 2.05) is 0 Å². The van der Waals surface area contributed by atoms with Crippen LogP contribution in [0.25, 0.3) is 0 Å². The van der Waals surface area contributed by atoms with Crippen molar-refractivity contribution in [3.8, 4) is 11.5 Å². The lowest BCUT2D eigenvalue weighted by molar-refractivity contribution is 0.427. The fraction of sp³-hybridized carbons (Fsp3) is 0.400. The second kappa shape index (κ2) is 2.92. The minimum absolute atomic E-state index is 0.128. The van der Waals surface area contributed by atoms with Crippen LogP contribution >= 0.6 is 0 Å². The van der Waals surface area contributed by atoms with Gasteiger partial charge in [0, 0.05) is 11.1 Å². The lowest BCUT2D eigenvalue weighted by Gasteiger charge is -2.21. The number of hydrogen-bond donors (Lipinski definition) is 3. The number of rotatable bonds is 1. The molecule has 0 fully saturated rings. The number of aryl methyl sites for hydroxylation is 1. The molecule has 0 aromatic heterocycles. The van der Waals surface area contributed by atoms with Crippen LogP contribution in [0.1, 0.15) is 25.0 Å². The quantitative estimate of drug-likeness (QED) is 0.576. The van der Waals surface area contributed by atoms with E-state index in [0.29, 0.717) is 11.1 Å². The van der Waals surface area contributed by atoms with Gasteiger partial charge >= 0.3 is 0 Å². The number of phenols is 2. The molecule has 72 valence electrons. The highest BCUT2D eigenvalue weighted by molar-refractivity contribution is 5.47. The van der Waals surface area contributed by atoms with E-state index in [1.54, 1.807) is 20.8 Å². The van der Waals surface area contributed by atoms with Crippen LogP contribution in [0.2, 0.25) is 0 Å². The van der Waals surface area contributed by atoms with Crippen molar-refractivity contribution in [1.82, 2.24) is 0 Å². The first-order chi connectivity index (χ1) is 5.82. The van der Waals surface area contributed by atoms with E-state index in [2.05, 4.69) is 0 Å². The molecular weight excluding hydrogens is 166 g/mol. The van der Waals surface area contributed by atoms with E-state index in [0.717, 1.165) is 0 Å². The van der Waals surface area contributed by atoms with E-state index >= 15 is 0 Å². The van der Waals surface area contributed by atoms with E-state index in [1.165, 1.54) is 12.1 Å². The summed E-state index contributed by atoms with van der Waals surface area (Å²) in [6.07, 6.45) is 0. The van der Waals surface area contributed by atoms with Gasteiger partial charge in [0.15, 0.2) is 0 Å². The molecular formula is C10H15NO2.